The van der Waals surface area contributed by atoms with E-state index in [-0.39, 0.29) is 5.91 Å². The van der Waals surface area contributed by atoms with Gasteiger partial charge in [0.15, 0.2) is 0 Å². The first kappa shape index (κ1) is 17.0. The number of carbonyl (C=O) groups excluding carboxylic acids is 1. The van der Waals surface area contributed by atoms with Crippen molar-refractivity contribution in [2.45, 2.75) is 6.92 Å². The summed E-state index contributed by atoms with van der Waals surface area (Å²) in [7, 11) is 0. The maximum atomic E-state index is 12.1. The van der Waals surface area contributed by atoms with Gasteiger partial charge in [-0.3, -0.25) is 4.79 Å². The lowest BCUT2D eigenvalue weighted by molar-refractivity contribution is 0.0961. The van der Waals surface area contributed by atoms with Crippen LogP contribution < -0.4 is 10.1 Å². The number of benzene rings is 2. The van der Waals surface area contributed by atoms with Crippen LogP contribution in [-0.2, 0) is 0 Å². The lowest BCUT2D eigenvalue weighted by Gasteiger charge is -2.06. The Morgan fingerprint density at radius 3 is 2.36 bits per heavy atom. The molecule has 25 heavy (non-hydrogen) atoms. The molecule has 1 N–H and O–H groups in total. The van der Waals surface area contributed by atoms with Crippen LogP contribution in [0.1, 0.15) is 16.6 Å². The van der Waals surface area contributed by atoms with Gasteiger partial charge in [-0.05, 0) is 61.0 Å². The highest BCUT2D eigenvalue weighted by atomic mass is 32.1. The monoisotopic (exact) mass is 349 g/mol. The predicted molar refractivity (Wildman–Crippen MR) is 103 cm³/mol. The van der Waals surface area contributed by atoms with Crippen molar-refractivity contribution in [3.05, 3.63) is 83.8 Å². The number of rotatable bonds is 6. The van der Waals surface area contributed by atoms with Crippen LogP contribution in [0.25, 0.3) is 10.4 Å². The number of hydrogen-bond acceptors (Lipinski definition) is 3. The number of amides is 1. The van der Waals surface area contributed by atoms with E-state index in [1.54, 1.807) is 0 Å². The molecule has 3 rings (SSSR count). The van der Waals surface area contributed by atoms with E-state index in [9.17, 15) is 4.79 Å². The molecule has 0 radical (unpaired) electrons. The Kier molecular flexibility index (Phi) is 5.31. The molecule has 3 aromatic rings. The molecule has 3 nitrogen and oxygen atoms in total. The van der Waals surface area contributed by atoms with Crippen LogP contribution in [0, 0.1) is 0 Å². The van der Waals surface area contributed by atoms with E-state index < -0.39 is 0 Å². The molecule has 0 aliphatic heterocycles. The van der Waals surface area contributed by atoms with Gasteiger partial charge in [-0.15, -0.1) is 11.3 Å². The quantitative estimate of drug-likeness (QED) is 0.596. The molecule has 0 saturated heterocycles. The standard InChI is InChI=1S/C21H19NO2S/c1-15(2)14-22-21(23)20-13-12-19(25-20)16-8-10-18(11-9-16)24-17-6-4-3-5-7-17/h3-13H,1,14H2,2H3,(H,22,23). The summed E-state index contributed by atoms with van der Waals surface area (Å²) in [6, 6.07) is 21.4. The highest BCUT2D eigenvalue weighted by molar-refractivity contribution is 7.17. The third-order valence-corrected chi connectivity index (χ3v) is 4.63. The molecule has 4 heteroatoms. The molecule has 0 aliphatic rings. The van der Waals surface area contributed by atoms with Crippen LogP contribution in [0.3, 0.4) is 0 Å². The highest BCUT2D eigenvalue weighted by Crippen LogP contribution is 2.30. The molecule has 0 fully saturated rings. The fraction of sp³-hybridized carbons (Fsp3) is 0.0952. The third-order valence-electron chi connectivity index (χ3n) is 3.50. The molecule has 0 spiro atoms. The van der Waals surface area contributed by atoms with Crippen LogP contribution in [-0.4, -0.2) is 12.5 Å². The predicted octanol–water partition coefficient (Wildman–Crippen LogP) is 5.51. The van der Waals surface area contributed by atoms with Crippen LogP contribution >= 0.6 is 11.3 Å². The van der Waals surface area contributed by atoms with Crippen molar-refractivity contribution in [3.63, 3.8) is 0 Å². The Bertz CT molecular complexity index is 866. The number of hydrogen-bond donors (Lipinski definition) is 1. The average Bonchev–Trinajstić information content (AvgIpc) is 3.11. The molecule has 0 bridgehead atoms. The minimum atomic E-state index is -0.0664. The van der Waals surface area contributed by atoms with Crippen LogP contribution in [0.4, 0.5) is 0 Å². The fourth-order valence-electron chi connectivity index (χ4n) is 2.25. The lowest BCUT2D eigenvalue weighted by atomic mass is 10.2. The summed E-state index contributed by atoms with van der Waals surface area (Å²) in [5.74, 6) is 1.53. The summed E-state index contributed by atoms with van der Waals surface area (Å²) in [4.78, 5) is 13.8. The van der Waals surface area contributed by atoms with Crippen molar-refractivity contribution in [1.29, 1.82) is 0 Å². The van der Waals surface area contributed by atoms with Gasteiger partial charge >= 0.3 is 0 Å². The van der Waals surface area contributed by atoms with E-state index in [4.69, 9.17) is 4.74 Å². The highest BCUT2D eigenvalue weighted by Gasteiger charge is 2.10. The molecule has 2 aromatic carbocycles. The molecule has 1 aromatic heterocycles. The minimum Gasteiger partial charge on any atom is -0.457 e. The van der Waals surface area contributed by atoms with E-state index in [2.05, 4.69) is 11.9 Å². The Balaban J connectivity index is 1.68. The van der Waals surface area contributed by atoms with Crippen molar-refractivity contribution in [1.82, 2.24) is 5.32 Å². The van der Waals surface area contributed by atoms with Crippen LogP contribution in [0.2, 0.25) is 0 Å². The molecule has 126 valence electrons. The van der Waals surface area contributed by atoms with Crippen LogP contribution in [0.5, 0.6) is 11.5 Å². The third kappa shape index (κ3) is 4.58. The number of thiophene rings is 1. The van der Waals surface area contributed by atoms with Gasteiger partial charge in [-0.2, -0.15) is 0 Å². The van der Waals surface area contributed by atoms with Gasteiger partial charge in [0.2, 0.25) is 0 Å². The summed E-state index contributed by atoms with van der Waals surface area (Å²) in [6.07, 6.45) is 0. The topological polar surface area (TPSA) is 38.3 Å². The molecule has 1 amide bonds. The van der Waals surface area contributed by atoms with Gasteiger partial charge < -0.3 is 10.1 Å². The maximum absolute atomic E-state index is 12.1. The smallest absolute Gasteiger partial charge is 0.261 e. The SMILES string of the molecule is C=C(C)CNC(=O)c1ccc(-c2ccc(Oc3ccccc3)cc2)s1. The van der Waals surface area contributed by atoms with Gasteiger partial charge in [0.05, 0.1) is 4.88 Å². The Morgan fingerprint density at radius 1 is 1.00 bits per heavy atom. The normalized spacial score (nSPS) is 10.3. The maximum Gasteiger partial charge on any atom is 0.261 e. The molecule has 0 saturated carbocycles. The van der Waals surface area contributed by atoms with E-state index in [0.717, 1.165) is 27.5 Å². The molecule has 0 aliphatic carbocycles. The van der Waals surface area contributed by atoms with Gasteiger partial charge in [0.1, 0.15) is 11.5 Å². The van der Waals surface area contributed by atoms with Gasteiger partial charge in [0.25, 0.3) is 5.91 Å². The second-order valence-corrected chi connectivity index (χ2v) is 6.83. The summed E-state index contributed by atoms with van der Waals surface area (Å²) < 4.78 is 5.80. The van der Waals surface area contributed by atoms with Crippen molar-refractivity contribution < 1.29 is 9.53 Å². The Hall–Kier alpha value is -2.85. The Morgan fingerprint density at radius 2 is 1.68 bits per heavy atom. The summed E-state index contributed by atoms with van der Waals surface area (Å²) in [5.41, 5.74) is 1.99. The van der Waals surface area contributed by atoms with Crippen molar-refractivity contribution in [2.24, 2.45) is 0 Å². The van der Waals surface area contributed by atoms with Crippen molar-refractivity contribution in [3.8, 4) is 21.9 Å². The lowest BCUT2D eigenvalue weighted by Crippen LogP contribution is -2.23. The van der Waals surface area contributed by atoms with Crippen molar-refractivity contribution >= 4 is 17.2 Å². The summed E-state index contributed by atoms with van der Waals surface area (Å²) >= 11 is 1.47. The first-order chi connectivity index (χ1) is 12.1. The number of para-hydroxylation sites is 1. The second kappa shape index (κ2) is 7.81. The zero-order valence-corrected chi connectivity index (χ0v) is 14.8. The van der Waals surface area contributed by atoms with Gasteiger partial charge in [-0.1, -0.05) is 30.4 Å². The first-order valence-electron chi connectivity index (χ1n) is 7.97. The minimum absolute atomic E-state index is 0.0664. The molecular formula is C21H19NO2S. The van der Waals surface area contributed by atoms with Gasteiger partial charge in [0, 0.05) is 11.4 Å². The summed E-state index contributed by atoms with van der Waals surface area (Å²) in [6.45, 7) is 6.17. The first-order valence-corrected chi connectivity index (χ1v) is 8.79. The van der Waals surface area contributed by atoms with Gasteiger partial charge in [-0.25, -0.2) is 0 Å². The average molecular weight is 349 g/mol. The van der Waals surface area contributed by atoms with E-state index in [0.29, 0.717) is 11.4 Å². The van der Waals surface area contributed by atoms with E-state index in [1.165, 1.54) is 11.3 Å². The fourth-order valence-corrected chi connectivity index (χ4v) is 3.17. The molecule has 0 atom stereocenters. The Labute approximate surface area is 151 Å². The zero-order chi connectivity index (χ0) is 17.6. The summed E-state index contributed by atoms with van der Waals surface area (Å²) in [5, 5.41) is 2.85. The number of ether oxygens (including phenoxy) is 1. The second-order valence-electron chi connectivity index (χ2n) is 5.74. The van der Waals surface area contributed by atoms with Crippen molar-refractivity contribution in [2.75, 3.05) is 6.54 Å². The van der Waals surface area contributed by atoms with Crippen LogP contribution in [0.15, 0.2) is 78.9 Å². The molecular weight excluding hydrogens is 330 g/mol. The molecule has 0 unspecified atom stereocenters. The van der Waals surface area contributed by atoms with E-state index in [1.807, 2.05) is 73.7 Å². The van der Waals surface area contributed by atoms with E-state index >= 15 is 0 Å². The largest absolute Gasteiger partial charge is 0.457 e. The number of carbonyl (C=O) groups is 1. The number of nitrogens with one attached hydrogen (secondary N) is 1. The molecule has 1 heterocycles. The zero-order valence-electron chi connectivity index (χ0n) is 14.0.